The topological polar surface area (TPSA) is 67.2 Å². The van der Waals surface area contributed by atoms with Crippen LogP contribution in [0.1, 0.15) is 26.3 Å². The first-order valence-corrected chi connectivity index (χ1v) is 9.95. The molecule has 0 amide bonds. The molecular formula is C15H24N4O2S2. The van der Waals surface area contributed by atoms with Gasteiger partial charge in [-0.2, -0.15) is 5.10 Å². The van der Waals surface area contributed by atoms with Crippen molar-refractivity contribution in [3.05, 3.63) is 23.7 Å². The maximum Gasteiger partial charge on any atom is 0.244 e. The lowest BCUT2D eigenvalue weighted by atomic mass is 10.3. The first-order chi connectivity index (χ1) is 10.8. The van der Waals surface area contributed by atoms with Crippen LogP contribution in [0.15, 0.2) is 28.6 Å². The number of hydrogen-bond acceptors (Lipinski definition) is 5. The highest BCUT2D eigenvalue weighted by molar-refractivity contribution is 7.89. The lowest BCUT2D eigenvalue weighted by molar-refractivity contribution is 0.400. The van der Waals surface area contributed by atoms with Crippen molar-refractivity contribution >= 4 is 21.4 Å². The van der Waals surface area contributed by atoms with Gasteiger partial charge in [-0.05, 0) is 52.4 Å². The highest BCUT2D eigenvalue weighted by Gasteiger charge is 2.24. The van der Waals surface area contributed by atoms with Gasteiger partial charge in [-0.15, -0.1) is 11.3 Å². The molecule has 23 heavy (non-hydrogen) atoms. The van der Waals surface area contributed by atoms with Gasteiger partial charge in [-0.25, -0.2) is 13.1 Å². The van der Waals surface area contributed by atoms with Crippen molar-refractivity contribution < 1.29 is 8.42 Å². The van der Waals surface area contributed by atoms with E-state index in [1.54, 1.807) is 10.9 Å². The molecule has 0 spiro atoms. The molecule has 0 fully saturated rings. The van der Waals surface area contributed by atoms with E-state index in [9.17, 15) is 8.42 Å². The Morgan fingerprint density at radius 1 is 1.39 bits per heavy atom. The lowest BCUT2D eigenvalue weighted by Crippen LogP contribution is -2.27. The fraction of sp³-hybridized carbons (Fsp3) is 0.533. The molecule has 8 heteroatoms. The third-order valence-corrected chi connectivity index (χ3v) is 5.68. The van der Waals surface area contributed by atoms with Crippen LogP contribution in [0, 0.1) is 0 Å². The number of rotatable bonds is 8. The Kier molecular flexibility index (Phi) is 5.96. The summed E-state index contributed by atoms with van der Waals surface area (Å²) in [6.45, 7) is 5.21. The van der Waals surface area contributed by atoms with Crippen LogP contribution in [0.3, 0.4) is 0 Å². The van der Waals surface area contributed by atoms with Gasteiger partial charge < -0.3 is 4.90 Å². The van der Waals surface area contributed by atoms with Crippen LogP contribution < -0.4 is 4.72 Å². The molecule has 2 aromatic rings. The van der Waals surface area contributed by atoms with E-state index in [0.29, 0.717) is 12.2 Å². The van der Waals surface area contributed by atoms with E-state index in [1.807, 2.05) is 50.4 Å². The predicted octanol–water partition coefficient (Wildman–Crippen LogP) is 2.42. The molecule has 0 unspecified atom stereocenters. The summed E-state index contributed by atoms with van der Waals surface area (Å²) in [6.07, 6.45) is 2.38. The zero-order chi connectivity index (χ0) is 17.0. The molecule has 2 rings (SSSR count). The van der Waals surface area contributed by atoms with Crippen molar-refractivity contribution in [3.8, 4) is 10.6 Å². The van der Waals surface area contributed by atoms with Gasteiger partial charge in [0.05, 0.1) is 4.88 Å². The molecule has 0 radical (unpaired) electrons. The van der Waals surface area contributed by atoms with E-state index in [2.05, 4.69) is 9.82 Å². The molecule has 0 aliphatic carbocycles. The lowest BCUT2D eigenvalue weighted by Gasteiger charge is -2.10. The van der Waals surface area contributed by atoms with Crippen LogP contribution in [0.25, 0.3) is 10.6 Å². The van der Waals surface area contributed by atoms with Crippen LogP contribution in [-0.2, 0) is 10.0 Å². The van der Waals surface area contributed by atoms with E-state index in [4.69, 9.17) is 0 Å². The van der Waals surface area contributed by atoms with Crippen molar-refractivity contribution in [2.75, 3.05) is 27.2 Å². The van der Waals surface area contributed by atoms with Crippen LogP contribution in [-0.4, -0.2) is 50.3 Å². The molecule has 2 heterocycles. The largest absolute Gasteiger partial charge is 0.309 e. The molecular weight excluding hydrogens is 332 g/mol. The average Bonchev–Trinajstić information content (AvgIpc) is 3.11. The normalized spacial score (nSPS) is 12.4. The van der Waals surface area contributed by atoms with Crippen LogP contribution >= 0.6 is 11.3 Å². The van der Waals surface area contributed by atoms with Crippen molar-refractivity contribution in [3.63, 3.8) is 0 Å². The fourth-order valence-corrected chi connectivity index (χ4v) is 4.11. The quantitative estimate of drug-likeness (QED) is 0.738. The van der Waals surface area contributed by atoms with Gasteiger partial charge in [0.1, 0.15) is 10.6 Å². The summed E-state index contributed by atoms with van der Waals surface area (Å²) in [5, 5.41) is 6.40. The van der Waals surface area contributed by atoms with Gasteiger partial charge in [0.15, 0.2) is 0 Å². The van der Waals surface area contributed by atoms with Gasteiger partial charge in [0, 0.05) is 18.8 Å². The van der Waals surface area contributed by atoms with Crippen molar-refractivity contribution in [2.24, 2.45) is 0 Å². The van der Waals surface area contributed by atoms with Gasteiger partial charge in [-0.3, -0.25) is 4.68 Å². The second-order valence-electron chi connectivity index (χ2n) is 5.95. The molecule has 0 aliphatic rings. The summed E-state index contributed by atoms with van der Waals surface area (Å²) >= 11 is 1.49. The highest BCUT2D eigenvalue weighted by atomic mass is 32.2. The molecule has 2 aromatic heterocycles. The molecule has 6 nitrogen and oxygen atoms in total. The monoisotopic (exact) mass is 356 g/mol. The molecule has 1 N–H and O–H groups in total. The second-order valence-corrected chi connectivity index (χ2v) is 8.63. The maximum absolute atomic E-state index is 12.7. The minimum absolute atomic E-state index is 0.103. The summed E-state index contributed by atoms with van der Waals surface area (Å²) in [6, 6.07) is 3.89. The second kappa shape index (κ2) is 7.57. The molecule has 0 bridgehead atoms. The number of nitrogens with one attached hydrogen (secondary N) is 1. The minimum Gasteiger partial charge on any atom is -0.309 e. The fourth-order valence-electron chi connectivity index (χ4n) is 2.10. The summed E-state index contributed by atoms with van der Waals surface area (Å²) in [4.78, 5) is 3.14. The number of thiophene rings is 1. The Balaban J connectivity index is 2.26. The van der Waals surface area contributed by atoms with E-state index >= 15 is 0 Å². The van der Waals surface area contributed by atoms with Gasteiger partial charge in [0.2, 0.25) is 10.0 Å². The summed E-state index contributed by atoms with van der Waals surface area (Å²) < 4.78 is 29.7. The third-order valence-electron chi connectivity index (χ3n) is 3.35. The van der Waals surface area contributed by atoms with Gasteiger partial charge >= 0.3 is 0 Å². The zero-order valence-corrected chi connectivity index (χ0v) is 15.6. The summed E-state index contributed by atoms with van der Waals surface area (Å²) in [5.74, 6) is 0. The van der Waals surface area contributed by atoms with Gasteiger partial charge in [-0.1, -0.05) is 6.07 Å². The van der Waals surface area contributed by atoms with E-state index in [0.717, 1.165) is 17.8 Å². The smallest absolute Gasteiger partial charge is 0.244 e. The SMILES string of the molecule is CC(C)n1cc(S(=O)(=O)NCCCN(C)C)c(-c2cccs2)n1. The summed E-state index contributed by atoms with van der Waals surface area (Å²) in [5.41, 5.74) is 0.522. The van der Waals surface area contributed by atoms with Crippen LogP contribution in [0.5, 0.6) is 0 Å². The average molecular weight is 357 g/mol. The Morgan fingerprint density at radius 2 is 2.13 bits per heavy atom. The predicted molar refractivity (Wildman–Crippen MR) is 94.3 cm³/mol. The highest BCUT2D eigenvalue weighted by Crippen LogP contribution is 2.30. The van der Waals surface area contributed by atoms with Crippen molar-refractivity contribution in [1.29, 1.82) is 0 Å². The Bertz CT molecular complexity index is 719. The van der Waals surface area contributed by atoms with Crippen molar-refractivity contribution in [2.45, 2.75) is 31.2 Å². The zero-order valence-electron chi connectivity index (χ0n) is 14.0. The number of aromatic nitrogens is 2. The molecule has 128 valence electrons. The molecule has 0 atom stereocenters. The van der Waals surface area contributed by atoms with Crippen LogP contribution in [0.2, 0.25) is 0 Å². The maximum atomic E-state index is 12.7. The van der Waals surface area contributed by atoms with Gasteiger partial charge in [0.25, 0.3) is 0 Å². The minimum atomic E-state index is -3.57. The number of hydrogen-bond donors (Lipinski definition) is 1. The summed E-state index contributed by atoms with van der Waals surface area (Å²) in [7, 11) is 0.364. The molecule has 0 aromatic carbocycles. The van der Waals surface area contributed by atoms with E-state index in [1.165, 1.54) is 11.3 Å². The molecule has 0 saturated heterocycles. The number of nitrogens with zero attached hydrogens (tertiary/aromatic N) is 3. The Hall–Kier alpha value is -1.22. The van der Waals surface area contributed by atoms with Crippen LogP contribution in [0.4, 0.5) is 0 Å². The van der Waals surface area contributed by atoms with Crippen molar-refractivity contribution in [1.82, 2.24) is 19.4 Å². The third kappa shape index (κ3) is 4.63. The standard InChI is InChI=1S/C15H24N4O2S2/c1-12(2)19-11-14(15(17-19)13-7-5-10-22-13)23(20,21)16-8-6-9-18(3)4/h5,7,10-12,16H,6,8-9H2,1-4H3. The Labute approximate surface area is 142 Å². The van der Waals surface area contributed by atoms with E-state index < -0.39 is 10.0 Å². The molecule has 0 saturated carbocycles. The molecule has 0 aliphatic heterocycles. The van der Waals surface area contributed by atoms with E-state index in [-0.39, 0.29) is 10.9 Å². The first kappa shape index (κ1) is 18.1. The number of sulfonamides is 1. The first-order valence-electron chi connectivity index (χ1n) is 7.58. The Morgan fingerprint density at radius 3 is 2.70 bits per heavy atom.